The summed E-state index contributed by atoms with van der Waals surface area (Å²) in [5, 5.41) is 35.7. The molecule has 4 atom stereocenters. The van der Waals surface area contributed by atoms with Crippen LogP contribution in [0.3, 0.4) is 0 Å². The van der Waals surface area contributed by atoms with E-state index in [2.05, 4.69) is 10.3 Å². The highest BCUT2D eigenvalue weighted by Gasteiger charge is 2.62. The SMILES string of the molecule is CCOC(=O)C1[C@@H](Cc2ccnc(Cl)c2)C(=O)[N+]1([O-])CN[C@H](C)c1ccc(O)c(O)c1. The molecule has 1 aliphatic rings. The highest BCUT2D eigenvalue weighted by Crippen LogP contribution is 2.38. The zero-order chi connectivity index (χ0) is 22.8. The van der Waals surface area contributed by atoms with E-state index in [1.807, 2.05) is 0 Å². The number of phenols is 2. The average molecular weight is 450 g/mol. The standard InChI is InChI=1S/C21H24ClN3O6/c1-3-31-21(29)19-15(8-13-6-7-23-18(22)9-13)20(28)25(19,30)11-24-12(2)14-4-5-16(26)17(27)10-14/h4-7,9-10,12,15,19,24,26-27H,3,8,11H2,1-2H3/t12-,15-,19?,25?/m1/s1. The molecule has 1 aromatic heterocycles. The number of hydrogen-bond acceptors (Lipinski definition) is 8. The van der Waals surface area contributed by atoms with Crippen LogP contribution in [0.25, 0.3) is 0 Å². The molecule has 10 heteroatoms. The molecule has 3 N–H and O–H groups in total. The zero-order valence-electron chi connectivity index (χ0n) is 17.1. The molecule has 2 heterocycles. The van der Waals surface area contributed by atoms with Crippen molar-refractivity contribution in [1.82, 2.24) is 10.3 Å². The number of halogens is 1. The smallest absolute Gasteiger partial charge is 0.366 e. The molecule has 2 aromatic rings. The summed E-state index contributed by atoms with van der Waals surface area (Å²) in [5.74, 6) is -2.73. The van der Waals surface area contributed by atoms with Gasteiger partial charge in [0.2, 0.25) is 6.04 Å². The minimum Gasteiger partial charge on any atom is -0.624 e. The molecule has 1 amide bonds. The first kappa shape index (κ1) is 23.0. The van der Waals surface area contributed by atoms with Crippen LogP contribution in [-0.4, -0.2) is 51.0 Å². The quantitative estimate of drug-likeness (QED) is 0.140. The van der Waals surface area contributed by atoms with Gasteiger partial charge in [-0.15, -0.1) is 0 Å². The van der Waals surface area contributed by atoms with Crippen LogP contribution < -0.4 is 5.32 Å². The fourth-order valence-electron chi connectivity index (χ4n) is 3.72. The second-order valence-corrected chi connectivity index (χ2v) is 7.85. The lowest BCUT2D eigenvalue weighted by molar-refractivity contribution is -0.862. The fourth-order valence-corrected chi connectivity index (χ4v) is 3.92. The number of esters is 1. The molecular formula is C21H24ClN3O6. The number of aromatic hydroxyl groups is 2. The second-order valence-electron chi connectivity index (χ2n) is 7.46. The molecule has 1 fully saturated rings. The monoisotopic (exact) mass is 449 g/mol. The number of hydroxylamine groups is 3. The summed E-state index contributed by atoms with van der Waals surface area (Å²) in [5.41, 5.74) is 1.30. The van der Waals surface area contributed by atoms with Gasteiger partial charge in [0.05, 0.1) is 6.61 Å². The van der Waals surface area contributed by atoms with Crippen LogP contribution in [0.4, 0.5) is 0 Å². The maximum atomic E-state index is 13.4. The first-order valence-electron chi connectivity index (χ1n) is 9.82. The highest BCUT2D eigenvalue weighted by molar-refractivity contribution is 6.29. The van der Waals surface area contributed by atoms with Crippen LogP contribution in [0.1, 0.15) is 31.0 Å². The van der Waals surface area contributed by atoms with Gasteiger partial charge in [-0.3, -0.25) is 9.96 Å². The van der Waals surface area contributed by atoms with Crippen LogP contribution in [0, 0.1) is 11.1 Å². The van der Waals surface area contributed by atoms with E-state index in [-0.39, 0.29) is 36.3 Å². The Morgan fingerprint density at radius 2 is 2.06 bits per heavy atom. The van der Waals surface area contributed by atoms with E-state index < -0.39 is 34.5 Å². The summed E-state index contributed by atoms with van der Waals surface area (Å²) in [6.07, 6.45) is 1.67. The first-order chi connectivity index (χ1) is 14.7. The first-order valence-corrected chi connectivity index (χ1v) is 10.2. The Labute approximate surface area is 184 Å². The third-order valence-corrected chi connectivity index (χ3v) is 5.63. The molecular weight excluding hydrogens is 426 g/mol. The van der Waals surface area contributed by atoms with E-state index in [0.29, 0.717) is 11.1 Å². The zero-order valence-corrected chi connectivity index (χ0v) is 17.9. The maximum absolute atomic E-state index is 13.4. The Balaban J connectivity index is 1.76. The third kappa shape index (κ3) is 4.64. The predicted molar refractivity (Wildman–Crippen MR) is 112 cm³/mol. The Bertz CT molecular complexity index is 987. The molecule has 1 saturated heterocycles. The molecule has 1 aliphatic heterocycles. The number of amides is 1. The van der Waals surface area contributed by atoms with Gasteiger partial charge < -0.3 is 20.2 Å². The van der Waals surface area contributed by atoms with E-state index in [9.17, 15) is 25.0 Å². The number of hydrogen-bond donors (Lipinski definition) is 3. The maximum Gasteiger partial charge on any atom is 0.366 e. The van der Waals surface area contributed by atoms with Crippen LogP contribution in [0.2, 0.25) is 5.15 Å². The molecule has 3 rings (SSSR count). The molecule has 31 heavy (non-hydrogen) atoms. The second kappa shape index (κ2) is 9.19. The van der Waals surface area contributed by atoms with Crippen LogP contribution in [0.5, 0.6) is 11.5 Å². The van der Waals surface area contributed by atoms with Crippen molar-refractivity contribution in [2.75, 3.05) is 13.3 Å². The lowest BCUT2D eigenvalue weighted by Gasteiger charge is -2.55. The number of nitrogens with zero attached hydrogens (tertiary/aromatic N) is 2. The van der Waals surface area contributed by atoms with Gasteiger partial charge in [-0.25, -0.2) is 14.6 Å². The summed E-state index contributed by atoms with van der Waals surface area (Å²) in [6, 6.07) is 5.91. The molecule has 0 aliphatic carbocycles. The van der Waals surface area contributed by atoms with Crippen LogP contribution in [-0.2, 0) is 20.7 Å². The summed E-state index contributed by atoms with van der Waals surface area (Å²) in [6.45, 7) is 3.11. The lowest BCUT2D eigenvalue weighted by atomic mass is 9.82. The molecule has 0 spiro atoms. The van der Waals surface area contributed by atoms with Gasteiger partial charge in [-0.2, -0.15) is 0 Å². The normalized spacial score (nSPS) is 23.8. The Kier molecular flexibility index (Phi) is 6.80. The Hall–Kier alpha value is -2.72. The highest BCUT2D eigenvalue weighted by atomic mass is 35.5. The van der Waals surface area contributed by atoms with Crippen molar-refractivity contribution < 1.29 is 29.2 Å². The van der Waals surface area contributed by atoms with Crippen molar-refractivity contribution in [3.05, 3.63) is 58.0 Å². The van der Waals surface area contributed by atoms with Crippen molar-refractivity contribution in [3.8, 4) is 11.5 Å². The van der Waals surface area contributed by atoms with Crippen molar-refractivity contribution in [2.24, 2.45) is 5.92 Å². The van der Waals surface area contributed by atoms with E-state index in [1.165, 1.54) is 18.3 Å². The fraction of sp³-hybridized carbons (Fsp3) is 0.381. The predicted octanol–water partition coefficient (Wildman–Crippen LogP) is 2.40. The number of phenolic OH excluding ortho intramolecular Hbond substituents is 2. The van der Waals surface area contributed by atoms with Gasteiger partial charge in [0.15, 0.2) is 11.5 Å². The lowest BCUT2D eigenvalue weighted by Crippen LogP contribution is -2.76. The number of carbonyl (C=O) groups excluding carboxylic acids is 2. The van der Waals surface area contributed by atoms with Crippen molar-refractivity contribution in [1.29, 1.82) is 0 Å². The molecule has 0 radical (unpaired) electrons. The van der Waals surface area contributed by atoms with E-state index in [4.69, 9.17) is 16.3 Å². The van der Waals surface area contributed by atoms with Gasteiger partial charge in [0.25, 0.3) is 0 Å². The number of nitrogens with one attached hydrogen (secondary N) is 1. The third-order valence-electron chi connectivity index (χ3n) is 5.43. The number of pyridine rings is 1. The molecule has 1 aromatic carbocycles. The molecule has 0 saturated carbocycles. The largest absolute Gasteiger partial charge is 0.624 e. The minimum absolute atomic E-state index is 0.0912. The molecule has 0 bridgehead atoms. The number of rotatable bonds is 8. The van der Waals surface area contributed by atoms with Crippen LogP contribution >= 0.6 is 11.6 Å². The topological polar surface area (TPSA) is 132 Å². The number of quaternary nitrogens is 1. The summed E-state index contributed by atoms with van der Waals surface area (Å²) in [7, 11) is 0. The van der Waals surface area contributed by atoms with Gasteiger partial charge in [0.1, 0.15) is 17.7 Å². The van der Waals surface area contributed by atoms with Crippen LogP contribution in [0.15, 0.2) is 36.5 Å². The number of carbonyl (C=O) groups is 2. The number of likely N-dealkylation sites (tertiary alicyclic amines) is 1. The summed E-state index contributed by atoms with van der Waals surface area (Å²) < 4.78 is 3.69. The van der Waals surface area contributed by atoms with Gasteiger partial charge in [0, 0.05) is 12.2 Å². The van der Waals surface area contributed by atoms with Gasteiger partial charge >= 0.3 is 11.9 Å². The van der Waals surface area contributed by atoms with Gasteiger partial charge in [-0.05, 0) is 55.7 Å². The molecule has 166 valence electrons. The van der Waals surface area contributed by atoms with Gasteiger partial charge in [-0.1, -0.05) is 17.7 Å². The number of aromatic nitrogens is 1. The van der Waals surface area contributed by atoms with Crippen molar-refractivity contribution in [2.45, 2.75) is 32.4 Å². The minimum atomic E-state index is -1.38. The average Bonchev–Trinajstić information content (AvgIpc) is 2.73. The number of β-lactam (4-membered cyclic amide) rings is 1. The van der Waals surface area contributed by atoms with E-state index in [0.717, 1.165) is 0 Å². The van der Waals surface area contributed by atoms with E-state index >= 15 is 0 Å². The number of benzene rings is 1. The van der Waals surface area contributed by atoms with Crippen molar-refractivity contribution >= 4 is 23.5 Å². The summed E-state index contributed by atoms with van der Waals surface area (Å²) >= 11 is 5.90. The Morgan fingerprint density at radius 3 is 2.71 bits per heavy atom. The van der Waals surface area contributed by atoms with Crippen molar-refractivity contribution in [3.63, 3.8) is 0 Å². The molecule has 9 nitrogen and oxygen atoms in total. The number of ether oxygens (including phenoxy) is 1. The van der Waals surface area contributed by atoms with E-state index in [1.54, 1.807) is 32.0 Å². The Morgan fingerprint density at radius 1 is 1.32 bits per heavy atom. The molecule has 2 unspecified atom stereocenters. The summed E-state index contributed by atoms with van der Waals surface area (Å²) in [4.78, 5) is 29.3.